The Hall–Kier alpha value is -4.38. The van der Waals surface area contributed by atoms with E-state index in [2.05, 4.69) is 4.90 Å². The second-order valence-electron chi connectivity index (χ2n) is 10.2. The molecule has 2 aromatic rings. The Morgan fingerprint density at radius 2 is 1.09 bits per heavy atom. The zero-order chi connectivity index (χ0) is 31.1. The quantitative estimate of drug-likeness (QED) is 0.260. The first-order valence-electron chi connectivity index (χ1n) is 13.8. The molecule has 0 radical (unpaired) electrons. The highest BCUT2D eigenvalue weighted by atomic mass is 16.6. The van der Waals surface area contributed by atoms with Crippen molar-refractivity contribution in [2.45, 2.75) is 43.6 Å². The van der Waals surface area contributed by atoms with Crippen molar-refractivity contribution in [2.75, 3.05) is 49.7 Å². The predicted molar refractivity (Wildman–Crippen MR) is 159 cm³/mol. The van der Waals surface area contributed by atoms with Crippen molar-refractivity contribution in [3.8, 4) is 34.5 Å². The molecule has 0 saturated carbocycles. The first kappa shape index (κ1) is 31.6. The molecule has 0 spiro atoms. The summed E-state index contributed by atoms with van der Waals surface area (Å²) in [5, 5.41) is 0. The molecule has 4 atom stereocenters. The molecule has 43 heavy (non-hydrogen) atoms. The smallest absolute Gasteiger partial charge is 0.331 e. The first-order chi connectivity index (χ1) is 20.7. The molecule has 2 saturated heterocycles. The number of nitrogens with zero attached hydrogens (tertiary/aromatic N) is 1. The predicted octanol–water partition coefficient (Wildman–Crippen LogP) is 4.15. The number of hydrogen-bond donors (Lipinski definition) is 0. The average Bonchev–Trinajstić information content (AvgIpc) is 3.17. The van der Waals surface area contributed by atoms with Gasteiger partial charge in [0.1, 0.15) is 12.2 Å². The average molecular weight is 598 g/mol. The van der Waals surface area contributed by atoms with E-state index in [9.17, 15) is 9.59 Å². The Morgan fingerprint density at radius 1 is 0.651 bits per heavy atom. The third-order valence-electron chi connectivity index (χ3n) is 7.82. The first-order valence-corrected chi connectivity index (χ1v) is 13.8. The van der Waals surface area contributed by atoms with Crippen molar-refractivity contribution in [1.82, 2.24) is 4.90 Å². The summed E-state index contributed by atoms with van der Waals surface area (Å²) in [5.74, 6) is 1.98. The van der Waals surface area contributed by atoms with Gasteiger partial charge in [0.05, 0.1) is 48.7 Å². The van der Waals surface area contributed by atoms with Crippen LogP contribution in [0.5, 0.6) is 34.5 Å². The fraction of sp³-hybridized carbons (Fsp3) is 0.438. The van der Waals surface area contributed by atoms with Crippen molar-refractivity contribution in [3.05, 3.63) is 47.5 Å². The van der Waals surface area contributed by atoms with E-state index in [1.165, 1.54) is 54.8 Å². The van der Waals surface area contributed by atoms with E-state index in [1.807, 2.05) is 7.05 Å². The van der Waals surface area contributed by atoms with Gasteiger partial charge in [-0.15, -0.1) is 0 Å². The summed E-state index contributed by atoms with van der Waals surface area (Å²) in [7, 11) is 11.2. The second kappa shape index (κ2) is 14.2. The van der Waals surface area contributed by atoms with Crippen molar-refractivity contribution in [1.29, 1.82) is 0 Å². The number of piperidine rings is 1. The Morgan fingerprint density at radius 3 is 1.51 bits per heavy atom. The zero-order valence-corrected chi connectivity index (χ0v) is 25.6. The van der Waals surface area contributed by atoms with Gasteiger partial charge in [-0.1, -0.05) is 0 Å². The van der Waals surface area contributed by atoms with Crippen LogP contribution in [0.1, 0.15) is 30.4 Å². The number of esters is 2. The second-order valence-corrected chi connectivity index (χ2v) is 10.2. The number of methoxy groups -OCH3 is 6. The minimum Gasteiger partial charge on any atom is -0.493 e. The van der Waals surface area contributed by atoms with E-state index < -0.39 is 11.9 Å². The molecule has 11 nitrogen and oxygen atoms in total. The fourth-order valence-electron chi connectivity index (χ4n) is 5.71. The molecule has 4 rings (SSSR count). The third kappa shape index (κ3) is 7.16. The molecule has 0 aromatic heterocycles. The normalized spacial score (nSPS) is 21.5. The van der Waals surface area contributed by atoms with Crippen LogP contribution < -0.4 is 28.4 Å². The summed E-state index contributed by atoms with van der Waals surface area (Å²) < 4.78 is 43.9. The number of carbonyl (C=O) groups excluding carboxylic acids is 2. The summed E-state index contributed by atoms with van der Waals surface area (Å²) in [4.78, 5) is 27.7. The van der Waals surface area contributed by atoms with Crippen molar-refractivity contribution >= 4 is 24.1 Å². The monoisotopic (exact) mass is 597 g/mol. The highest BCUT2D eigenvalue weighted by Crippen LogP contribution is 2.40. The standard InChI is InChI=1S/C32H39NO10/c1-33-21-16-22(42-29(34)10-8-19-12-25(36-2)31(40-6)26(13-19)37-3)18-23(33)24(17-21)43-30(35)11-9-20-14-27(38-4)32(41-7)28(15-20)39-5/h8-15,21-24H,16-18H2,1-7H3/t21?,22-,23?,24-/m0/s1. The Bertz CT molecular complexity index is 1320. The van der Waals surface area contributed by atoms with Gasteiger partial charge in [-0.25, -0.2) is 9.59 Å². The topological polar surface area (TPSA) is 111 Å². The van der Waals surface area contributed by atoms with Gasteiger partial charge >= 0.3 is 11.9 Å². The number of rotatable bonds is 12. The number of fused-ring (bicyclic) bond motifs is 2. The fourth-order valence-corrected chi connectivity index (χ4v) is 5.71. The van der Waals surface area contributed by atoms with Crippen molar-refractivity contribution in [3.63, 3.8) is 0 Å². The van der Waals surface area contributed by atoms with Crippen LogP contribution in [0.4, 0.5) is 0 Å². The molecule has 2 unspecified atom stereocenters. The lowest BCUT2D eigenvalue weighted by molar-refractivity contribution is -0.149. The van der Waals surface area contributed by atoms with E-state index in [1.54, 1.807) is 36.4 Å². The number of benzene rings is 2. The Balaban J connectivity index is 1.36. The number of hydrogen-bond acceptors (Lipinski definition) is 11. The van der Waals surface area contributed by atoms with E-state index in [0.29, 0.717) is 64.9 Å². The molecule has 0 N–H and O–H groups in total. The van der Waals surface area contributed by atoms with E-state index in [4.69, 9.17) is 37.9 Å². The molecule has 2 fully saturated rings. The minimum atomic E-state index is -0.457. The van der Waals surface area contributed by atoms with Gasteiger partial charge < -0.3 is 37.9 Å². The molecule has 2 aliphatic rings. The highest BCUT2D eigenvalue weighted by molar-refractivity contribution is 5.88. The lowest BCUT2D eigenvalue weighted by Crippen LogP contribution is -2.45. The van der Waals surface area contributed by atoms with E-state index >= 15 is 0 Å². The lowest BCUT2D eigenvalue weighted by atomic mass is 10.0. The van der Waals surface area contributed by atoms with Gasteiger partial charge in [-0.3, -0.25) is 4.90 Å². The molecule has 0 aliphatic carbocycles. The molecule has 0 amide bonds. The largest absolute Gasteiger partial charge is 0.493 e. The lowest BCUT2D eigenvalue weighted by Gasteiger charge is -2.36. The Labute approximate surface area is 251 Å². The summed E-state index contributed by atoms with van der Waals surface area (Å²) in [5.41, 5.74) is 1.39. The van der Waals surface area contributed by atoms with Gasteiger partial charge in [-0.2, -0.15) is 0 Å². The van der Waals surface area contributed by atoms with Crippen LogP contribution in [0.3, 0.4) is 0 Å². The van der Waals surface area contributed by atoms with Crippen LogP contribution in [0.2, 0.25) is 0 Å². The molecule has 2 bridgehead atoms. The van der Waals surface area contributed by atoms with Crippen LogP contribution in [0.15, 0.2) is 36.4 Å². The molecular weight excluding hydrogens is 558 g/mol. The summed E-state index contributed by atoms with van der Waals surface area (Å²) in [6, 6.07) is 7.06. The zero-order valence-electron chi connectivity index (χ0n) is 25.6. The molecule has 2 aliphatic heterocycles. The van der Waals surface area contributed by atoms with Gasteiger partial charge in [0.15, 0.2) is 23.0 Å². The number of carbonyl (C=O) groups is 2. The van der Waals surface area contributed by atoms with Crippen molar-refractivity contribution < 1.29 is 47.5 Å². The van der Waals surface area contributed by atoms with Gasteiger partial charge in [-0.05, 0) is 54.6 Å². The SMILES string of the molecule is COc1cc(C=CC(=O)O[C@H]2CC3C[C@H](OC(=O)C=Cc4cc(OC)c(OC)c(OC)c4)C(C2)N3C)cc(OC)c1OC. The maximum absolute atomic E-state index is 12.8. The van der Waals surface area contributed by atoms with Crippen LogP contribution >= 0.6 is 0 Å². The van der Waals surface area contributed by atoms with Crippen LogP contribution in [-0.4, -0.2) is 90.8 Å². The van der Waals surface area contributed by atoms with Crippen LogP contribution in [-0.2, 0) is 19.1 Å². The van der Waals surface area contributed by atoms with Crippen LogP contribution in [0.25, 0.3) is 12.2 Å². The number of likely N-dealkylation sites (N-methyl/N-ethyl adjacent to an activating group) is 1. The third-order valence-corrected chi connectivity index (χ3v) is 7.82. The van der Waals surface area contributed by atoms with Crippen LogP contribution in [0, 0.1) is 0 Å². The maximum atomic E-state index is 12.8. The minimum absolute atomic E-state index is 0.0610. The van der Waals surface area contributed by atoms with Gasteiger partial charge in [0, 0.05) is 37.5 Å². The van der Waals surface area contributed by atoms with Gasteiger partial charge in [0.25, 0.3) is 0 Å². The Kier molecular flexibility index (Phi) is 10.4. The molecule has 232 valence electrons. The van der Waals surface area contributed by atoms with E-state index in [-0.39, 0.29) is 24.3 Å². The summed E-state index contributed by atoms with van der Waals surface area (Å²) in [6.07, 6.45) is 7.33. The molecular formula is C32H39NO10. The molecule has 2 aromatic carbocycles. The van der Waals surface area contributed by atoms with Crippen molar-refractivity contribution in [2.24, 2.45) is 0 Å². The summed E-state index contributed by atoms with van der Waals surface area (Å²) >= 11 is 0. The number of ether oxygens (including phenoxy) is 8. The highest BCUT2D eigenvalue weighted by Gasteiger charge is 2.47. The van der Waals surface area contributed by atoms with Gasteiger partial charge in [0.2, 0.25) is 11.5 Å². The molecule has 11 heteroatoms. The summed E-state index contributed by atoms with van der Waals surface area (Å²) in [6.45, 7) is 0. The maximum Gasteiger partial charge on any atom is 0.331 e. The molecule has 2 heterocycles. The van der Waals surface area contributed by atoms with E-state index in [0.717, 1.165) is 0 Å².